The van der Waals surface area contributed by atoms with Gasteiger partial charge in [-0.25, -0.2) is 24.9 Å². The molecular weight excluding hydrogens is 775 g/mol. The highest BCUT2D eigenvalue weighted by Crippen LogP contribution is 2.59. The number of allylic oxidation sites excluding steroid dienone is 3. The van der Waals surface area contributed by atoms with Gasteiger partial charge in [0.25, 0.3) is 0 Å². The molecule has 3 aliphatic carbocycles. The molecule has 0 bridgehead atoms. The van der Waals surface area contributed by atoms with Gasteiger partial charge in [-0.1, -0.05) is 183 Å². The van der Waals surface area contributed by atoms with Gasteiger partial charge >= 0.3 is 0 Å². The Hall–Kier alpha value is -6.76. The SMILES string of the molecule is CC12C(c3nc(-c4ccccc4)nc(-c4ccc(-c5cc(-c6cccc7c6-c6ccccc6C76CCCCC6)nc(-c6ccccc6)n5)cc4)n3)=CC=CC1Sc1ccccc12. The van der Waals surface area contributed by atoms with Gasteiger partial charge in [-0.2, -0.15) is 0 Å². The molecule has 4 aliphatic rings. The molecule has 0 saturated heterocycles. The minimum atomic E-state index is -0.286. The molecule has 0 amide bonds. The van der Waals surface area contributed by atoms with Crippen LogP contribution in [-0.2, 0) is 10.8 Å². The average Bonchev–Trinajstić information content (AvgIpc) is 3.80. The first-order chi connectivity index (χ1) is 30.6. The van der Waals surface area contributed by atoms with E-state index in [2.05, 4.69) is 159 Å². The van der Waals surface area contributed by atoms with Gasteiger partial charge in [0.15, 0.2) is 23.3 Å². The Labute approximate surface area is 366 Å². The highest BCUT2D eigenvalue weighted by molar-refractivity contribution is 8.00. The van der Waals surface area contributed by atoms with Crippen LogP contribution in [0.25, 0.3) is 73.4 Å². The van der Waals surface area contributed by atoms with Gasteiger partial charge in [0.2, 0.25) is 0 Å². The van der Waals surface area contributed by atoms with Crippen LogP contribution >= 0.6 is 11.8 Å². The number of fused-ring (bicyclic) bond motifs is 8. The third-order valence-corrected chi connectivity index (χ3v) is 15.3. The lowest BCUT2D eigenvalue weighted by atomic mass is 9.68. The molecule has 6 aromatic carbocycles. The zero-order chi connectivity index (χ0) is 41.3. The Balaban J connectivity index is 0.976. The molecule has 5 nitrogen and oxygen atoms in total. The molecule has 2 unspecified atom stereocenters. The number of hydrogen-bond donors (Lipinski definition) is 0. The molecule has 0 N–H and O–H groups in total. The second kappa shape index (κ2) is 14.7. The predicted molar refractivity (Wildman–Crippen MR) is 252 cm³/mol. The molecule has 62 heavy (non-hydrogen) atoms. The van der Waals surface area contributed by atoms with Crippen LogP contribution in [0.15, 0.2) is 181 Å². The standard InChI is InChI=1S/C56H43N5S/c1-55-43-24-11-12-27-48(43)62-49(55)28-16-26-45(55)54-60-52(38-19-7-3-8-20-38)59-53(61-54)39-31-29-36(30-32-39)46-35-47(58-51(57-46)37-17-5-2-6-18-37)41-22-15-25-44-50(41)40-21-9-10-23-42(40)56(44)33-13-4-14-34-56/h2-3,5-12,15-32,35,49H,4,13-14,33-34H2,1H3. The van der Waals surface area contributed by atoms with Crippen LogP contribution in [0.2, 0.25) is 0 Å². The van der Waals surface area contributed by atoms with Crippen molar-refractivity contribution in [2.24, 2.45) is 0 Å². The number of thioether (sulfide) groups is 1. The summed E-state index contributed by atoms with van der Waals surface area (Å²) in [6.45, 7) is 2.34. The molecule has 1 fully saturated rings. The lowest BCUT2D eigenvalue weighted by molar-refractivity contribution is 0.353. The molecule has 298 valence electrons. The van der Waals surface area contributed by atoms with Crippen LogP contribution in [-0.4, -0.2) is 30.2 Å². The molecule has 2 aromatic heterocycles. The van der Waals surface area contributed by atoms with Crippen LogP contribution in [0.4, 0.5) is 0 Å². The van der Waals surface area contributed by atoms with Crippen molar-refractivity contribution in [2.45, 2.75) is 60.0 Å². The summed E-state index contributed by atoms with van der Waals surface area (Å²) in [6, 6.07) is 56.0. The van der Waals surface area contributed by atoms with Crippen LogP contribution < -0.4 is 0 Å². The van der Waals surface area contributed by atoms with Crippen molar-refractivity contribution in [2.75, 3.05) is 0 Å². The summed E-state index contributed by atoms with van der Waals surface area (Å²) in [7, 11) is 0. The Morgan fingerprint density at radius 3 is 1.79 bits per heavy atom. The lowest BCUT2D eigenvalue weighted by Crippen LogP contribution is -2.33. The average molecular weight is 818 g/mol. The molecule has 1 saturated carbocycles. The molecular formula is C56H43N5S. The summed E-state index contributed by atoms with van der Waals surface area (Å²) in [5, 5.41) is 0.248. The molecule has 1 aliphatic heterocycles. The highest BCUT2D eigenvalue weighted by Gasteiger charge is 2.48. The molecule has 12 rings (SSSR count). The maximum atomic E-state index is 5.33. The van der Waals surface area contributed by atoms with Gasteiger partial charge in [-0.15, -0.1) is 11.8 Å². The first-order valence-corrected chi connectivity index (χ1v) is 22.7. The van der Waals surface area contributed by atoms with Crippen molar-refractivity contribution in [3.63, 3.8) is 0 Å². The predicted octanol–water partition coefficient (Wildman–Crippen LogP) is 13.6. The fourth-order valence-corrected chi connectivity index (χ4v) is 12.2. The monoisotopic (exact) mass is 817 g/mol. The molecule has 1 spiro atoms. The summed E-state index contributed by atoms with van der Waals surface area (Å²) in [6.07, 6.45) is 12.9. The van der Waals surface area contributed by atoms with Gasteiger partial charge < -0.3 is 0 Å². The molecule has 6 heteroatoms. The van der Waals surface area contributed by atoms with Gasteiger partial charge in [-0.05, 0) is 59.7 Å². The lowest BCUT2D eigenvalue weighted by Gasteiger charge is -2.36. The first kappa shape index (κ1) is 37.0. The zero-order valence-electron chi connectivity index (χ0n) is 34.5. The number of aromatic nitrogens is 5. The number of rotatable bonds is 6. The van der Waals surface area contributed by atoms with Crippen molar-refractivity contribution >= 4 is 17.3 Å². The topological polar surface area (TPSA) is 64.5 Å². The van der Waals surface area contributed by atoms with E-state index in [4.69, 9.17) is 24.9 Å². The van der Waals surface area contributed by atoms with E-state index in [0.29, 0.717) is 23.3 Å². The van der Waals surface area contributed by atoms with Gasteiger partial charge in [0, 0.05) is 54.4 Å². The van der Waals surface area contributed by atoms with E-state index < -0.39 is 0 Å². The van der Waals surface area contributed by atoms with Crippen molar-refractivity contribution in [1.82, 2.24) is 24.9 Å². The second-order valence-electron chi connectivity index (χ2n) is 17.2. The van der Waals surface area contributed by atoms with Crippen LogP contribution in [0.5, 0.6) is 0 Å². The molecule has 3 heterocycles. The fraction of sp³-hybridized carbons (Fsp3) is 0.161. The second-order valence-corrected chi connectivity index (χ2v) is 18.4. The van der Waals surface area contributed by atoms with E-state index in [9.17, 15) is 0 Å². The summed E-state index contributed by atoms with van der Waals surface area (Å²) in [5.74, 6) is 2.70. The maximum absolute atomic E-state index is 5.33. The summed E-state index contributed by atoms with van der Waals surface area (Å²) in [4.78, 5) is 27.5. The van der Waals surface area contributed by atoms with Crippen LogP contribution in [0.1, 0.15) is 61.5 Å². The van der Waals surface area contributed by atoms with E-state index in [1.54, 1.807) is 0 Å². The minimum absolute atomic E-state index is 0.0631. The van der Waals surface area contributed by atoms with E-state index in [1.165, 1.54) is 64.8 Å². The number of nitrogens with zero attached hydrogens (tertiary/aromatic N) is 5. The molecule has 8 aromatic rings. The van der Waals surface area contributed by atoms with Crippen molar-refractivity contribution in [1.29, 1.82) is 0 Å². The highest BCUT2D eigenvalue weighted by atomic mass is 32.2. The third kappa shape index (κ3) is 5.88. The molecule has 2 atom stereocenters. The Morgan fingerprint density at radius 2 is 1.05 bits per heavy atom. The van der Waals surface area contributed by atoms with Gasteiger partial charge in [0.05, 0.1) is 11.4 Å². The Morgan fingerprint density at radius 1 is 0.484 bits per heavy atom. The largest absolute Gasteiger partial charge is 0.228 e. The Kier molecular flexibility index (Phi) is 8.79. The van der Waals surface area contributed by atoms with Crippen molar-refractivity contribution in [3.05, 3.63) is 198 Å². The maximum Gasteiger partial charge on any atom is 0.164 e. The fourth-order valence-electron chi connectivity index (χ4n) is 10.7. The summed E-state index contributed by atoms with van der Waals surface area (Å²) >= 11 is 1.92. The number of hydrogen-bond acceptors (Lipinski definition) is 6. The van der Waals surface area contributed by atoms with Gasteiger partial charge in [0.1, 0.15) is 0 Å². The van der Waals surface area contributed by atoms with E-state index >= 15 is 0 Å². The van der Waals surface area contributed by atoms with Crippen molar-refractivity contribution in [3.8, 4) is 67.8 Å². The first-order valence-electron chi connectivity index (χ1n) is 21.8. The van der Waals surface area contributed by atoms with Crippen LogP contribution in [0, 0.1) is 0 Å². The minimum Gasteiger partial charge on any atom is -0.228 e. The van der Waals surface area contributed by atoms with Crippen LogP contribution in [0.3, 0.4) is 0 Å². The smallest absolute Gasteiger partial charge is 0.164 e. The van der Waals surface area contributed by atoms with Crippen molar-refractivity contribution < 1.29 is 0 Å². The summed E-state index contributed by atoms with van der Waals surface area (Å²) in [5.41, 5.74) is 14.6. The molecule has 0 radical (unpaired) electrons. The normalized spacial score (nSPS) is 19.0. The number of benzene rings is 6. The summed E-state index contributed by atoms with van der Waals surface area (Å²) < 4.78 is 0. The van der Waals surface area contributed by atoms with Gasteiger partial charge in [-0.3, -0.25) is 0 Å². The van der Waals surface area contributed by atoms with E-state index in [-0.39, 0.29) is 16.1 Å². The quantitative estimate of drug-likeness (QED) is 0.167. The zero-order valence-corrected chi connectivity index (χ0v) is 35.3. The third-order valence-electron chi connectivity index (χ3n) is 13.8. The Bertz CT molecular complexity index is 3100. The van der Waals surface area contributed by atoms with E-state index in [1.807, 2.05) is 36.0 Å². The van der Waals surface area contributed by atoms with E-state index in [0.717, 1.165) is 44.8 Å².